The van der Waals surface area contributed by atoms with Crippen molar-refractivity contribution in [1.29, 1.82) is 0 Å². The van der Waals surface area contributed by atoms with Gasteiger partial charge in [0.1, 0.15) is 0 Å². The van der Waals surface area contributed by atoms with Crippen LogP contribution in [0.15, 0.2) is 24.3 Å². The molecule has 1 aromatic carbocycles. The number of hydrogen-bond donors (Lipinski definition) is 0. The van der Waals surface area contributed by atoms with Gasteiger partial charge in [-0.25, -0.2) is 4.98 Å². The first-order valence-electron chi connectivity index (χ1n) is 8.05. The van der Waals surface area contributed by atoms with Crippen molar-refractivity contribution < 1.29 is 4.92 Å². The Kier molecular flexibility index (Phi) is 4.63. The van der Waals surface area contributed by atoms with Gasteiger partial charge in [0.2, 0.25) is 0 Å². The normalized spacial score (nSPS) is 15.4. The number of aryl methyl sites for hydroxylation is 1. The number of nitro groups is 1. The van der Waals surface area contributed by atoms with E-state index in [4.69, 9.17) is 6.42 Å². The lowest BCUT2D eigenvalue weighted by Crippen LogP contribution is -2.46. The number of terminal acetylenes is 1. The molecule has 1 aliphatic heterocycles. The van der Waals surface area contributed by atoms with Gasteiger partial charge < -0.3 is 4.90 Å². The molecule has 1 saturated heterocycles. The molecule has 0 saturated carbocycles. The zero-order valence-electron chi connectivity index (χ0n) is 13.7. The highest BCUT2D eigenvalue weighted by Crippen LogP contribution is 2.32. The molecular formula is C18H20N4O2. The molecule has 0 aliphatic carbocycles. The van der Waals surface area contributed by atoms with Crippen LogP contribution in [-0.4, -0.2) is 47.5 Å². The average Bonchev–Trinajstić information content (AvgIpc) is 2.59. The summed E-state index contributed by atoms with van der Waals surface area (Å²) in [4.78, 5) is 20.0. The number of non-ortho nitro benzene ring substituents is 1. The fraction of sp³-hybridized carbons (Fsp3) is 0.389. The number of para-hydroxylation sites is 1. The quantitative estimate of drug-likeness (QED) is 0.491. The summed E-state index contributed by atoms with van der Waals surface area (Å²) in [5.41, 5.74) is 2.34. The summed E-state index contributed by atoms with van der Waals surface area (Å²) in [5, 5.41) is 12.1. The van der Waals surface area contributed by atoms with Crippen LogP contribution in [0.1, 0.15) is 12.1 Å². The van der Waals surface area contributed by atoms with Gasteiger partial charge in [0.25, 0.3) is 5.69 Å². The molecule has 124 valence electrons. The second kappa shape index (κ2) is 6.85. The molecule has 1 aliphatic rings. The zero-order valence-corrected chi connectivity index (χ0v) is 13.7. The van der Waals surface area contributed by atoms with Crippen molar-refractivity contribution in [3.8, 4) is 12.3 Å². The van der Waals surface area contributed by atoms with Gasteiger partial charge in [0, 0.05) is 62.0 Å². The van der Waals surface area contributed by atoms with Gasteiger partial charge >= 0.3 is 0 Å². The number of hydrogen-bond acceptors (Lipinski definition) is 5. The second-order valence-electron chi connectivity index (χ2n) is 6.00. The van der Waals surface area contributed by atoms with Gasteiger partial charge in [0.15, 0.2) is 5.52 Å². The number of rotatable bonds is 4. The molecule has 0 N–H and O–H groups in total. The third-order valence-electron chi connectivity index (χ3n) is 4.41. The molecule has 2 heterocycles. The fourth-order valence-corrected chi connectivity index (χ4v) is 3.18. The lowest BCUT2D eigenvalue weighted by Gasteiger charge is -2.36. The third kappa shape index (κ3) is 3.17. The Hall–Kier alpha value is -2.65. The Morgan fingerprint density at radius 1 is 1.33 bits per heavy atom. The number of pyridine rings is 1. The smallest absolute Gasteiger partial charge is 0.295 e. The van der Waals surface area contributed by atoms with Crippen molar-refractivity contribution in [3.63, 3.8) is 0 Å². The van der Waals surface area contributed by atoms with Crippen LogP contribution in [0.3, 0.4) is 0 Å². The minimum atomic E-state index is -0.365. The van der Waals surface area contributed by atoms with Crippen molar-refractivity contribution in [1.82, 2.24) is 9.88 Å². The molecule has 6 heteroatoms. The van der Waals surface area contributed by atoms with Crippen LogP contribution in [0.25, 0.3) is 10.9 Å². The second-order valence-corrected chi connectivity index (χ2v) is 6.00. The highest BCUT2D eigenvalue weighted by molar-refractivity contribution is 5.97. The highest BCUT2D eigenvalue weighted by Gasteiger charge is 2.21. The van der Waals surface area contributed by atoms with Crippen LogP contribution in [0.4, 0.5) is 11.4 Å². The average molecular weight is 324 g/mol. The summed E-state index contributed by atoms with van der Waals surface area (Å²) >= 11 is 0. The van der Waals surface area contributed by atoms with Gasteiger partial charge in [-0.1, -0.05) is 12.1 Å². The van der Waals surface area contributed by atoms with E-state index < -0.39 is 0 Å². The number of aromatic nitrogens is 1. The summed E-state index contributed by atoms with van der Waals surface area (Å²) in [6.07, 6.45) is 6.10. The predicted molar refractivity (Wildman–Crippen MR) is 95.2 cm³/mol. The van der Waals surface area contributed by atoms with Crippen LogP contribution in [0.2, 0.25) is 0 Å². The molecular weight excluding hydrogens is 304 g/mol. The lowest BCUT2D eigenvalue weighted by molar-refractivity contribution is -0.383. The third-order valence-corrected chi connectivity index (χ3v) is 4.41. The lowest BCUT2D eigenvalue weighted by atomic mass is 10.1. The molecule has 0 atom stereocenters. The summed E-state index contributed by atoms with van der Waals surface area (Å²) in [5.74, 6) is 2.68. The van der Waals surface area contributed by atoms with Crippen molar-refractivity contribution >= 4 is 22.3 Å². The molecule has 0 spiro atoms. The Morgan fingerprint density at radius 3 is 2.75 bits per heavy atom. The minimum Gasteiger partial charge on any atom is -0.368 e. The van der Waals surface area contributed by atoms with Crippen LogP contribution in [0, 0.1) is 29.4 Å². The first-order valence-corrected chi connectivity index (χ1v) is 8.05. The molecule has 0 amide bonds. The van der Waals surface area contributed by atoms with E-state index in [9.17, 15) is 10.1 Å². The first kappa shape index (κ1) is 16.2. The van der Waals surface area contributed by atoms with Gasteiger partial charge in [-0.15, -0.1) is 12.3 Å². The molecule has 2 aromatic rings. The SMILES string of the molecule is C#CCCN1CCN(c2cc(C)nc3c([N+](=O)[O-])cccc23)CC1. The van der Waals surface area contributed by atoms with Crippen LogP contribution in [0.5, 0.6) is 0 Å². The van der Waals surface area contributed by atoms with Crippen molar-refractivity contribution in [2.75, 3.05) is 37.6 Å². The fourth-order valence-electron chi connectivity index (χ4n) is 3.18. The Labute approximate surface area is 141 Å². The van der Waals surface area contributed by atoms with E-state index in [0.29, 0.717) is 5.52 Å². The standard InChI is InChI=1S/C18H20N4O2/c1-3-4-8-20-9-11-21(12-10-20)17-13-14(2)19-18-15(17)6-5-7-16(18)22(23)24/h1,5-7,13H,4,8-12H2,2H3. The number of benzene rings is 1. The van der Waals surface area contributed by atoms with Crippen molar-refractivity contribution in [2.45, 2.75) is 13.3 Å². The number of piperazine rings is 1. The Balaban J connectivity index is 1.92. The van der Waals surface area contributed by atoms with Crippen LogP contribution in [-0.2, 0) is 0 Å². The molecule has 1 fully saturated rings. The largest absolute Gasteiger partial charge is 0.368 e. The maximum atomic E-state index is 11.3. The zero-order chi connectivity index (χ0) is 17.1. The first-order chi connectivity index (χ1) is 11.6. The van der Waals surface area contributed by atoms with Gasteiger partial charge in [-0.2, -0.15) is 0 Å². The minimum absolute atomic E-state index is 0.0603. The van der Waals surface area contributed by atoms with E-state index >= 15 is 0 Å². The highest BCUT2D eigenvalue weighted by atomic mass is 16.6. The molecule has 0 radical (unpaired) electrons. The summed E-state index contributed by atoms with van der Waals surface area (Å²) in [6.45, 7) is 6.45. The van der Waals surface area contributed by atoms with E-state index in [1.807, 2.05) is 19.1 Å². The van der Waals surface area contributed by atoms with Crippen molar-refractivity contribution in [2.24, 2.45) is 0 Å². The number of anilines is 1. The summed E-state index contributed by atoms with van der Waals surface area (Å²) in [7, 11) is 0. The number of nitro benzene ring substituents is 1. The molecule has 6 nitrogen and oxygen atoms in total. The van der Waals surface area contributed by atoms with Crippen LogP contribution >= 0.6 is 0 Å². The molecule has 0 unspecified atom stereocenters. The summed E-state index contributed by atoms with van der Waals surface area (Å²) < 4.78 is 0. The predicted octanol–water partition coefficient (Wildman–Crippen LogP) is 2.60. The maximum Gasteiger partial charge on any atom is 0.295 e. The van der Waals surface area contributed by atoms with Gasteiger partial charge in [0.05, 0.1) is 4.92 Å². The number of nitrogens with zero attached hydrogens (tertiary/aromatic N) is 4. The molecule has 3 rings (SSSR count). The van der Waals surface area contributed by atoms with E-state index in [1.165, 1.54) is 6.07 Å². The molecule has 1 aromatic heterocycles. The van der Waals surface area contributed by atoms with E-state index in [0.717, 1.165) is 55.9 Å². The van der Waals surface area contributed by atoms with E-state index in [-0.39, 0.29) is 10.6 Å². The Bertz CT molecular complexity index is 805. The Morgan fingerprint density at radius 2 is 2.08 bits per heavy atom. The topological polar surface area (TPSA) is 62.5 Å². The van der Waals surface area contributed by atoms with Gasteiger partial charge in [-0.05, 0) is 13.0 Å². The molecule has 24 heavy (non-hydrogen) atoms. The van der Waals surface area contributed by atoms with E-state index in [1.54, 1.807) is 6.07 Å². The number of fused-ring (bicyclic) bond motifs is 1. The maximum absolute atomic E-state index is 11.3. The monoisotopic (exact) mass is 324 g/mol. The van der Waals surface area contributed by atoms with E-state index in [2.05, 4.69) is 20.7 Å². The van der Waals surface area contributed by atoms with Crippen molar-refractivity contribution in [3.05, 3.63) is 40.1 Å². The van der Waals surface area contributed by atoms with Crippen LogP contribution < -0.4 is 4.90 Å². The van der Waals surface area contributed by atoms with Gasteiger partial charge in [-0.3, -0.25) is 15.0 Å². The summed E-state index contributed by atoms with van der Waals surface area (Å²) in [6, 6.07) is 7.17. The molecule has 0 bridgehead atoms.